The zero-order valence-corrected chi connectivity index (χ0v) is 7.55. The number of carboxylic acids is 2. The van der Waals surface area contributed by atoms with Crippen molar-refractivity contribution in [1.29, 1.82) is 0 Å². The molecule has 0 aromatic rings. The number of aliphatic hydroxyl groups excluding tert-OH is 1. The SMILES string of the molecule is NC1(C(=O)O)C2C(C[C@H]1O)[C@]2(F)C(=O)O. The van der Waals surface area contributed by atoms with Crippen LogP contribution in [0.4, 0.5) is 4.39 Å². The summed E-state index contributed by atoms with van der Waals surface area (Å²) in [7, 11) is 0. The highest BCUT2D eigenvalue weighted by Crippen LogP contribution is 2.66. The van der Waals surface area contributed by atoms with Crippen molar-refractivity contribution in [3.63, 3.8) is 0 Å². The fourth-order valence-corrected chi connectivity index (χ4v) is 2.62. The highest BCUT2D eigenvalue weighted by Gasteiger charge is 2.84. The van der Waals surface area contributed by atoms with Gasteiger partial charge in [0.1, 0.15) is 5.54 Å². The van der Waals surface area contributed by atoms with E-state index in [4.69, 9.17) is 15.9 Å². The summed E-state index contributed by atoms with van der Waals surface area (Å²) >= 11 is 0. The second-order valence-corrected chi connectivity index (χ2v) is 4.15. The van der Waals surface area contributed by atoms with Crippen LogP contribution in [0.5, 0.6) is 0 Å². The van der Waals surface area contributed by atoms with Crippen molar-refractivity contribution in [2.75, 3.05) is 0 Å². The first-order valence-corrected chi connectivity index (χ1v) is 4.40. The van der Waals surface area contributed by atoms with Crippen LogP contribution in [0.25, 0.3) is 0 Å². The van der Waals surface area contributed by atoms with Gasteiger partial charge in [0.25, 0.3) is 0 Å². The smallest absolute Gasteiger partial charge is 0.342 e. The minimum Gasteiger partial charge on any atom is -0.480 e. The van der Waals surface area contributed by atoms with E-state index in [0.717, 1.165) is 0 Å². The van der Waals surface area contributed by atoms with Gasteiger partial charge in [-0.3, -0.25) is 4.79 Å². The molecule has 0 aromatic carbocycles. The molecule has 0 bridgehead atoms. The number of nitrogens with two attached hydrogens (primary N) is 1. The first kappa shape index (κ1) is 10.3. The Kier molecular flexibility index (Phi) is 1.70. The molecule has 0 radical (unpaired) electrons. The summed E-state index contributed by atoms with van der Waals surface area (Å²) in [6, 6.07) is 0. The molecule has 2 saturated carbocycles. The van der Waals surface area contributed by atoms with Gasteiger partial charge < -0.3 is 21.1 Å². The topological polar surface area (TPSA) is 121 Å². The van der Waals surface area contributed by atoms with Gasteiger partial charge in [-0.1, -0.05) is 0 Å². The second-order valence-electron chi connectivity index (χ2n) is 4.15. The summed E-state index contributed by atoms with van der Waals surface area (Å²) in [6.07, 6.45) is -1.62. The van der Waals surface area contributed by atoms with Gasteiger partial charge in [0, 0.05) is 11.8 Å². The Balaban J connectivity index is 2.37. The van der Waals surface area contributed by atoms with E-state index in [2.05, 4.69) is 0 Å². The van der Waals surface area contributed by atoms with Gasteiger partial charge in [0.15, 0.2) is 0 Å². The molecular weight excluding hydrogens is 209 g/mol. The van der Waals surface area contributed by atoms with Gasteiger partial charge in [0.05, 0.1) is 6.10 Å². The van der Waals surface area contributed by atoms with Crippen molar-refractivity contribution in [1.82, 2.24) is 0 Å². The number of fused-ring (bicyclic) bond motifs is 1. The average Bonchev–Trinajstić information content (AvgIpc) is 2.60. The molecule has 5 N–H and O–H groups in total. The van der Waals surface area contributed by atoms with Crippen LogP contribution in [-0.2, 0) is 9.59 Å². The van der Waals surface area contributed by atoms with Gasteiger partial charge in [0.2, 0.25) is 5.67 Å². The summed E-state index contributed by atoms with van der Waals surface area (Å²) < 4.78 is 13.7. The van der Waals surface area contributed by atoms with E-state index in [1.807, 2.05) is 0 Å². The zero-order valence-electron chi connectivity index (χ0n) is 7.55. The molecular formula is C8H10FNO5. The maximum Gasteiger partial charge on any atom is 0.342 e. The summed E-state index contributed by atoms with van der Waals surface area (Å²) in [6.45, 7) is 0. The quantitative estimate of drug-likeness (QED) is 0.452. The molecule has 0 heterocycles. The predicted molar refractivity (Wildman–Crippen MR) is 43.6 cm³/mol. The lowest BCUT2D eigenvalue weighted by Crippen LogP contribution is -2.59. The minimum absolute atomic E-state index is 0.226. The highest BCUT2D eigenvalue weighted by molar-refractivity contribution is 5.90. The maximum atomic E-state index is 13.7. The minimum atomic E-state index is -2.59. The van der Waals surface area contributed by atoms with Crippen LogP contribution in [0.15, 0.2) is 0 Å². The van der Waals surface area contributed by atoms with E-state index < -0.39 is 41.1 Å². The molecule has 0 amide bonds. The lowest BCUT2D eigenvalue weighted by molar-refractivity contribution is -0.153. The third kappa shape index (κ3) is 0.895. The first-order valence-electron chi connectivity index (χ1n) is 4.40. The Morgan fingerprint density at radius 1 is 1.33 bits per heavy atom. The summed E-state index contributed by atoms with van der Waals surface area (Å²) in [5.74, 6) is -5.61. The summed E-state index contributed by atoms with van der Waals surface area (Å²) in [4.78, 5) is 21.4. The van der Waals surface area contributed by atoms with Gasteiger partial charge >= 0.3 is 11.9 Å². The number of alkyl halides is 1. The molecule has 84 valence electrons. The van der Waals surface area contributed by atoms with Crippen LogP contribution in [0.3, 0.4) is 0 Å². The van der Waals surface area contributed by atoms with Gasteiger partial charge in [-0.15, -0.1) is 0 Å². The van der Waals surface area contributed by atoms with Crippen LogP contribution in [-0.4, -0.2) is 44.6 Å². The van der Waals surface area contributed by atoms with E-state index >= 15 is 0 Å². The van der Waals surface area contributed by atoms with Gasteiger partial charge in [-0.2, -0.15) is 0 Å². The molecule has 2 fully saturated rings. The van der Waals surface area contributed by atoms with Gasteiger partial charge in [-0.25, -0.2) is 9.18 Å². The summed E-state index contributed by atoms with van der Waals surface area (Å²) in [5.41, 5.74) is 0.617. The maximum absolute atomic E-state index is 13.7. The Labute approximate surface area is 83.5 Å². The third-order valence-electron chi connectivity index (χ3n) is 3.53. The summed E-state index contributed by atoms with van der Waals surface area (Å²) in [5, 5.41) is 26.8. The molecule has 2 rings (SSSR count). The normalized spacial score (nSPS) is 52.3. The molecule has 0 saturated heterocycles. The average molecular weight is 219 g/mol. The molecule has 3 unspecified atom stereocenters. The Hall–Kier alpha value is -1.21. The molecule has 7 heteroatoms. The first-order chi connectivity index (χ1) is 6.77. The highest BCUT2D eigenvalue weighted by atomic mass is 19.1. The number of rotatable bonds is 2. The van der Waals surface area contributed by atoms with Crippen molar-refractivity contribution in [2.45, 2.75) is 23.7 Å². The van der Waals surface area contributed by atoms with Crippen LogP contribution in [0, 0.1) is 11.8 Å². The number of carbonyl (C=O) groups is 2. The Morgan fingerprint density at radius 2 is 1.87 bits per heavy atom. The van der Waals surface area contributed by atoms with Crippen molar-refractivity contribution < 1.29 is 29.3 Å². The van der Waals surface area contributed by atoms with E-state index in [1.54, 1.807) is 0 Å². The van der Waals surface area contributed by atoms with E-state index in [9.17, 15) is 19.1 Å². The molecule has 0 spiro atoms. The standard InChI is InChI=1S/C8H10FNO5/c9-7(5(12)13)2-1-3(11)8(10,4(2)7)6(14)15/h2-4,11H,1,10H2,(H,12,13)(H,14,15)/t2?,3-,4?,7-,8?/m1/s1. The number of halogens is 1. The van der Waals surface area contributed by atoms with Crippen molar-refractivity contribution in [3.05, 3.63) is 0 Å². The molecule has 15 heavy (non-hydrogen) atoms. The van der Waals surface area contributed by atoms with Crippen LogP contribution in [0.1, 0.15) is 6.42 Å². The van der Waals surface area contributed by atoms with Crippen molar-refractivity contribution >= 4 is 11.9 Å². The van der Waals surface area contributed by atoms with Crippen LogP contribution in [0.2, 0.25) is 0 Å². The van der Waals surface area contributed by atoms with Crippen LogP contribution < -0.4 is 5.73 Å². The number of aliphatic hydroxyl groups is 1. The molecule has 2 aliphatic rings. The molecule has 0 aromatic heterocycles. The van der Waals surface area contributed by atoms with Crippen LogP contribution >= 0.6 is 0 Å². The Bertz CT molecular complexity index is 361. The fourth-order valence-electron chi connectivity index (χ4n) is 2.62. The van der Waals surface area contributed by atoms with E-state index in [-0.39, 0.29) is 6.42 Å². The van der Waals surface area contributed by atoms with E-state index in [0.29, 0.717) is 0 Å². The number of aliphatic carboxylic acids is 2. The lowest BCUT2D eigenvalue weighted by atomic mass is 9.88. The lowest BCUT2D eigenvalue weighted by Gasteiger charge is -2.27. The molecule has 2 aliphatic carbocycles. The predicted octanol–water partition coefficient (Wildman–Crippen LogP) is -1.43. The number of hydrogen-bond acceptors (Lipinski definition) is 4. The van der Waals surface area contributed by atoms with E-state index in [1.165, 1.54) is 0 Å². The molecule has 0 aliphatic heterocycles. The molecule has 6 nitrogen and oxygen atoms in total. The molecule has 5 atom stereocenters. The second kappa shape index (κ2) is 2.48. The number of hydrogen-bond donors (Lipinski definition) is 4. The Morgan fingerprint density at radius 3 is 2.27 bits per heavy atom. The van der Waals surface area contributed by atoms with Crippen molar-refractivity contribution in [2.24, 2.45) is 17.6 Å². The largest absolute Gasteiger partial charge is 0.480 e. The zero-order chi connectivity index (χ0) is 11.6. The number of carboxylic acid groups (broad SMARTS) is 2. The monoisotopic (exact) mass is 219 g/mol. The van der Waals surface area contributed by atoms with Gasteiger partial charge in [-0.05, 0) is 6.42 Å². The van der Waals surface area contributed by atoms with Crippen molar-refractivity contribution in [3.8, 4) is 0 Å². The third-order valence-corrected chi connectivity index (χ3v) is 3.53. The fraction of sp³-hybridized carbons (Fsp3) is 0.750.